The number of nitrogens with zero attached hydrogens (tertiary/aromatic N) is 4. The van der Waals surface area contributed by atoms with E-state index < -0.39 is 64.7 Å². The molecule has 18 heteroatoms. The van der Waals surface area contributed by atoms with Gasteiger partial charge in [-0.1, -0.05) is 12.1 Å². The summed E-state index contributed by atoms with van der Waals surface area (Å²) in [4.78, 5) is 22.0. The van der Waals surface area contributed by atoms with E-state index in [4.69, 9.17) is 5.73 Å². The number of hydrogen-bond donors (Lipinski definition) is 6. The number of benzene rings is 5. The number of aromatic carboxylic acids is 2. The number of aromatic hydroxyl groups is 1. The minimum atomic E-state index is -4.91. The van der Waals surface area contributed by atoms with E-state index in [2.05, 4.69) is 20.5 Å². The van der Waals surface area contributed by atoms with Crippen LogP contribution in [0.4, 0.5) is 28.4 Å². The standard InChI is InChI=1S/C28H19N5O11S2/c29-15-3-1-13-10-24(46(42,43)44)25(26(34)19(13)11-15)33-31-21-7-8-22(20-9-14(27(35)36)2-5-17(20)21)30-32-23-12-16(45(39,40)41)4-6-18(23)28(37)38/h1-12,34H,29H2,(H,35,36)(H,37,38)(H,39,40,41)(H,42,43,44). The van der Waals surface area contributed by atoms with E-state index in [-0.39, 0.29) is 44.2 Å². The number of nitrogens with two attached hydrogens (primary N) is 1. The zero-order valence-corrected chi connectivity index (χ0v) is 24.4. The van der Waals surface area contributed by atoms with Crippen molar-refractivity contribution >= 4 is 82.2 Å². The van der Waals surface area contributed by atoms with E-state index in [1.54, 1.807) is 0 Å². The first-order valence-corrected chi connectivity index (χ1v) is 15.4. The second kappa shape index (κ2) is 11.6. The topological polar surface area (TPSA) is 279 Å². The Labute approximate surface area is 258 Å². The molecule has 0 aromatic heterocycles. The molecule has 0 aliphatic heterocycles. The van der Waals surface area contributed by atoms with Crippen molar-refractivity contribution in [2.45, 2.75) is 9.79 Å². The number of rotatable bonds is 8. The van der Waals surface area contributed by atoms with Gasteiger partial charge in [0.15, 0.2) is 5.75 Å². The highest BCUT2D eigenvalue weighted by Gasteiger charge is 2.23. The van der Waals surface area contributed by atoms with E-state index in [0.29, 0.717) is 0 Å². The summed E-state index contributed by atoms with van der Waals surface area (Å²) in [5.41, 5.74) is 4.31. The Hall–Kier alpha value is -5.82. The molecule has 0 aliphatic rings. The SMILES string of the molecule is Nc1ccc2cc(S(=O)(=O)O)c(N=Nc3ccc(N=Nc4cc(S(=O)(=O)O)ccc4C(=O)O)c4cc(C(=O)O)ccc34)c(O)c2c1. The fraction of sp³-hybridized carbons (Fsp3) is 0. The predicted molar refractivity (Wildman–Crippen MR) is 162 cm³/mol. The third kappa shape index (κ3) is 6.21. The maximum Gasteiger partial charge on any atom is 0.337 e. The molecule has 0 saturated heterocycles. The highest BCUT2D eigenvalue weighted by Crippen LogP contribution is 2.43. The van der Waals surface area contributed by atoms with Crippen LogP contribution >= 0.6 is 0 Å². The molecule has 0 atom stereocenters. The maximum absolute atomic E-state index is 12.2. The average molecular weight is 666 g/mol. The minimum Gasteiger partial charge on any atom is -0.505 e. The van der Waals surface area contributed by atoms with Crippen LogP contribution in [-0.4, -0.2) is 53.2 Å². The van der Waals surface area contributed by atoms with Crippen LogP contribution in [0.2, 0.25) is 0 Å². The quantitative estimate of drug-likeness (QED) is 0.0632. The molecule has 0 radical (unpaired) electrons. The highest BCUT2D eigenvalue weighted by molar-refractivity contribution is 7.86. The molecule has 0 unspecified atom stereocenters. The predicted octanol–water partition coefficient (Wildman–Crippen LogP) is 6.00. The van der Waals surface area contributed by atoms with E-state index in [0.717, 1.165) is 24.3 Å². The fourth-order valence-electron chi connectivity index (χ4n) is 4.42. The summed E-state index contributed by atoms with van der Waals surface area (Å²) in [5, 5.41) is 46.3. The van der Waals surface area contributed by atoms with Crippen LogP contribution in [0.5, 0.6) is 5.75 Å². The average Bonchev–Trinajstić information content (AvgIpc) is 2.98. The van der Waals surface area contributed by atoms with Crippen LogP contribution in [0.15, 0.2) is 103 Å². The number of phenolic OH excluding ortho intramolecular Hbond substituents is 1. The summed E-state index contributed by atoms with van der Waals surface area (Å²) < 4.78 is 66.7. The number of phenols is 1. The van der Waals surface area contributed by atoms with E-state index in [9.17, 15) is 50.8 Å². The van der Waals surface area contributed by atoms with Crippen LogP contribution in [0, 0.1) is 0 Å². The van der Waals surface area contributed by atoms with Crippen molar-refractivity contribution in [1.82, 2.24) is 0 Å². The molecule has 5 rings (SSSR count). The lowest BCUT2D eigenvalue weighted by molar-refractivity contribution is 0.0686. The van der Waals surface area contributed by atoms with Crippen molar-refractivity contribution in [3.63, 3.8) is 0 Å². The Balaban J connectivity index is 1.68. The van der Waals surface area contributed by atoms with Gasteiger partial charge >= 0.3 is 11.9 Å². The lowest BCUT2D eigenvalue weighted by Crippen LogP contribution is -2.01. The number of carbonyl (C=O) groups is 2. The molecular formula is C28H19N5O11S2. The molecule has 0 spiro atoms. The molecule has 0 saturated carbocycles. The van der Waals surface area contributed by atoms with Gasteiger partial charge < -0.3 is 21.1 Å². The minimum absolute atomic E-state index is 0.0128. The van der Waals surface area contributed by atoms with Crippen molar-refractivity contribution in [2.24, 2.45) is 20.5 Å². The lowest BCUT2D eigenvalue weighted by Gasteiger charge is -2.10. The molecule has 0 heterocycles. The van der Waals surface area contributed by atoms with Crippen molar-refractivity contribution in [3.05, 3.63) is 83.9 Å². The summed E-state index contributed by atoms with van der Waals surface area (Å²) in [5.74, 6) is -3.44. The van der Waals surface area contributed by atoms with E-state index in [1.807, 2.05) is 0 Å². The Morgan fingerprint density at radius 2 is 1.28 bits per heavy atom. The number of azo groups is 2. The van der Waals surface area contributed by atoms with Gasteiger partial charge in [-0.3, -0.25) is 9.11 Å². The van der Waals surface area contributed by atoms with Crippen molar-refractivity contribution in [1.29, 1.82) is 0 Å². The van der Waals surface area contributed by atoms with Crippen LogP contribution in [0.25, 0.3) is 21.5 Å². The highest BCUT2D eigenvalue weighted by atomic mass is 32.2. The smallest absolute Gasteiger partial charge is 0.337 e. The van der Waals surface area contributed by atoms with Gasteiger partial charge in [0.05, 0.1) is 27.4 Å². The van der Waals surface area contributed by atoms with Crippen LogP contribution in [0.1, 0.15) is 20.7 Å². The zero-order valence-electron chi connectivity index (χ0n) is 22.8. The summed E-state index contributed by atoms with van der Waals surface area (Å²) in [6.07, 6.45) is 0. The number of anilines is 1. The van der Waals surface area contributed by atoms with Gasteiger partial charge in [-0.2, -0.15) is 16.8 Å². The van der Waals surface area contributed by atoms with Crippen LogP contribution in [-0.2, 0) is 20.2 Å². The van der Waals surface area contributed by atoms with Crippen LogP contribution < -0.4 is 5.73 Å². The Bertz CT molecular complexity index is 2410. The third-order valence-electron chi connectivity index (χ3n) is 6.59. The van der Waals surface area contributed by atoms with Gasteiger partial charge in [0, 0.05) is 21.8 Å². The first-order valence-electron chi connectivity index (χ1n) is 12.6. The molecule has 46 heavy (non-hydrogen) atoms. The molecule has 5 aromatic carbocycles. The van der Waals surface area contributed by atoms with Gasteiger partial charge in [-0.15, -0.1) is 20.5 Å². The van der Waals surface area contributed by atoms with Crippen LogP contribution in [0.3, 0.4) is 0 Å². The number of fused-ring (bicyclic) bond motifs is 2. The largest absolute Gasteiger partial charge is 0.505 e. The Morgan fingerprint density at radius 3 is 1.91 bits per heavy atom. The second-order valence-electron chi connectivity index (χ2n) is 9.56. The lowest BCUT2D eigenvalue weighted by atomic mass is 10.0. The number of nitrogen functional groups attached to an aromatic ring is 1. The maximum atomic E-state index is 12.2. The molecule has 234 valence electrons. The number of hydrogen-bond acceptors (Lipinski definition) is 12. The van der Waals surface area contributed by atoms with Crippen molar-refractivity contribution in [3.8, 4) is 5.75 Å². The van der Waals surface area contributed by atoms with Gasteiger partial charge in [-0.05, 0) is 66.0 Å². The third-order valence-corrected chi connectivity index (χ3v) is 8.31. The van der Waals surface area contributed by atoms with Crippen molar-refractivity contribution < 1.29 is 50.8 Å². The Morgan fingerprint density at radius 1 is 0.630 bits per heavy atom. The number of carboxylic acid groups (broad SMARTS) is 2. The van der Waals surface area contributed by atoms with E-state index >= 15 is 0 Å². The summed E-state index contributed by atoms with van der Waals surface area (Å²) in [6, 6.07) is 14.2. The molecule has 5 aromatic rings. The first kappa shape index (κ1) is 31.6. The molecule has 16 nitrogen and oxygen atoms in total. The first-order chi connectivity index (χ1) is 21.5. The monoisotopic (exact) mass is 665 g/mol. The van der Waals surface area contributed by atoms with Gasteiger partial charge in [0.1, 0.15) is 16.3 Å². The molecule has 7 N–H and O–H groups in total. The molecular weight excluding hydrogens is 646 g/mol. The molecule has 0 amide bonds. The summed E-state index contributed by atoms with van der Waals surface area (Å²) in [6.45, 7) is 0. The summed E-state index contributed by atoms with van der Waals surface area (Å²) in [7, 11) is -9.64. The summed E-state index contributed by atoms with van der Waals surface area (Å²) >= 11 is 0. The molecule has 0 aliphatic carbocycles. The van der Waals surface area contributed by atoms with E-state index in [1.165, 1.54) is 48.5 Å². The van der Waals surface area contributed by atoms with Gasteiger partial charge in [0.2, 0.25) is 0 Å². The normalized spacial score (nSPS) is 12.4. The zero-order chi connectivity index (χ0) is 33.6. The molecule has 0 bridgehead atoms. The molecule has 0 fully saturated rings. The number of carboxylic acids is 2. The Kier molecular flexibility index (Phi) is 7.97. The van der Waals surface area contributed by atoms with Crippen molar-refractivity contribution in [2.75, 3.05) is 5.73 Å². The second-order valence-corrected chi connectivity index (χ2v) is 12.4. The van der Waals surface area contributed by atoms with Gasteiger partial charge in [-0.25, -0.2) is 9.59 Å². The fourth-order valence-corrected chi connectivity index (χ4v) is 5.58. The van der Waals surface area contributed by atoms with Gasteiger partial charge in [0.25, 0.3) is 20.2 Å².